The largest absolute Gasteiger partial charge is 0.264 e. The van der Waals surface area contributed by atoms with Crippen molar-refractivity contribution in [2.45, 2.75) is 0 Å². The molecule has 24 heavy (non-hydrogen) atoms. The molecule has 3 aromatic carbocycles. The zero-order valence-corrected chi connectivity index (χ0v) is 15.1. The number of para-hydroxylation sites is 1. The molecule has 0 aliphatic rings. The molecule has 120 valence electrons. The molecule has 0 atom stereocenters. The minimum absolute atomic E-state index is 0. The van der Waals surface area contributed by atoms with Crippen LogP contribution in [-0.2, 0) is 21.1 Å². The monoisotopic (exact) mass is 490 g/mol. The average molecular weight is 490 g/mol. The van der Waals surface area contributed by atoms with Gasteiger partial charge in [-0.3, -0.25) is 4.68 Å². The Morgan fingerprint density at radius 1 is 0.708 bits per heavy atom. The van der Waals surface area contributed by atoms with E-state index in [1.165, 1.54) is 0 Å². The maximum atomic E-state index is 4.81. The number of hydrogen-bond donors (Lipinski definition) is 0. The fourth-order valence-corrected chi connectivity index (χ4v) is 2.66. The Hall–Kier alpha value is -2.44. The van der Waals surface area contributed by atoms with Crippen LogP contribution in [0.25, 0.3) is 28.1 Å². The summed E-state index contributed by atoms with van der Waals surface area (Å²) in [6, 6.07) is 31.7. The number of benzene rings is 3. The Morgan fingerprint density at radius 3 is 1.96 bits per heavy atom. The van der Waals surface area contributed by atoms with Crippen molar-refractivity contribution in [3.05, 3.63) is 97.2 Å². The van der Waals surface area contributed by atoms with Crippen molar-refractivity contribution in [1.29, 1.82) is 0 Å². The van der Waals surface area contributed by atoms with E-state index in [9.17, 15) is 0 Å². The van der Waals surface area contributed by atoms with Crippen LogP contribution in [0.2, 0.25) is 0 Å². The first-order chi connectivity index (χ1) is 11.4. The second-order valence-corrected chi connectivity index (χ2v) is 5.32. The summed E-state index contributed by atoms with van der Waals surface area (Å²) in [4.78, 5) is 0. The Labute approximate surface area is 156 Å². The first-order valence-electron chi connectivity index (χ1n) is 7.59. The molecule has 0 saturated heterocycles. The molecule has 1 heterocycles. The molecule has 0 fully saturated rings. The molecule has 0 N–H and O–H groups in total. The van der Waals surface area contributed by atoms with E-state index in [4.69, 9.17) is 5.10 Å². The van der Waals surface area contributed by atoms with E-state index < -0.39 is 0 Å². The number of hydrogen-bond acceptors (Lipinski definition) is 1. The zero-order valence-electron chi connectivity index (χ0n) is 12.9. The van der Waals surface area contributed by atoms with Gasteiger partial charge in [0, 0.05) is 38.4 Å². The van der Waals surface area contributed by atoms with E-state index in [1.54, 1.807) is 0 Å². The van der Waals surface area contributed by atoms with E-state index in [-0.39, 0.29) is 21.1 Å². The Balaban J connectivity index is 0.00000169. The van der Waals surface area contributed by atoms with Gasteiger partial charge in [0.05, 0.1) is 0 Å². The third kappa shape index (κ3) is 3.25. The van der Waals surface area contributed by atoms with Gasteiger partial charge < -0.3 is 0 Å². The van der Waals surface area contributed by atoms with E-state index in [1.807, 2.05) is 53.2 Å². The van der Waals surface area contributed by atoms with Crippen LogP contribution in [-0.4, -0.2) is 9.78 Å². The number of nitrogens with zero attached hydrogens (tertiary/aromatic N) is 2. The van der Waals surface area contributed by atoms with Gasteiger partial charge in [-0.05, 0) is 11.3 Å². The van der Waals surface area contributed by atoms with Crippen LogP contribution in [0.3, 0.4) is 0 Å². The Morgan fingerprint density at radius 2 is 1.33 bits per heavy atom. The third-order valence-electron chi connectivity index (χ3n) is 3.79. The SMILES string of the molecule is [Pt].[c-]1ccccc1-n1cc(-c2ccccc2)c(-c2ccccc2)n1. The van der Waals surface area contributed by atoms with Crippen LogP contribution >= 0.6 is 0 Å². The second kappa shape index (κ2) is 7.42. The predicted molar refractivity (Wildman–Crippen MR) is 93.3 cm³/mol. The molecule has 4 rings (SSSR count). The van der Waals surface area contributed by atoms with Gasteiger partial charge in [0.15, 0.2) is 0 Å². The molecule has 0 aliphatic heterocycles. The predicted octanol–water partition coefficient (Wildman–Crippen LogP) is 5.00. The summed E-state index contributed by atoms with van der Waals surface area (Å²) < 4.78 is 1.89. The van der Waals surface area contributed by atoms with Crippen LogP contribution in [0.4, 0.5) is 0 Å². The van der Waals surface area contributed by atoms with Crippen molar-refractivity contribution in [3.63, 3.8) is 0 Å². The van der Waals surface area contributed by atoms with E-state index in [0.717, 1.165) is 28.1 Å². The first kappa shape index (κ1) is 16.4. The van der Waals surface area contributed by atoms with E-state index in [0.29, 0.717) is 0 Å². The summed E-state index contributed by atoms with van der Waals surface area (Å²) in [5.74, 6) is 0. The summed E-state index contributed by atoms with van der Waals surface area (Å²) in [5.41, 5.74) is 5.31. The van der Waals surface area contributed by atoms with Crippen molar-refractivity contribution in [1.82, 2.24) is 9.78 Å². The van der Waals surface area contributed by atoms with Gasteiger partial charge in [-0.15, -0.1) is 6.07 Å². The molecule has 0 bridgehead atoms. The maximum Gasteiger partial charge on any atom is 0.100 e. The van der Waals surface area contributed by atoms with Gasteiger partial charge in [0.25, 0.3) is 0 Å². The third-order valence-corrected chi connectivity index (χ3v) is 3.79. The molecule has 0 aliphatic carbocycles. The van der Waals surface area contributed by atoms with Gasteiger partial charge in [-0.1, -0.05) is 60.7 Å². The van der Waals surface area contributed by atoms with Crippen LogP contribution in [0.5, 0.6) is 0 Å². The molecule has 3 heteroatoms. The van der Waals surface area contributed by atoms with Gasteiger partial charge in [0.1, 0.15) is 5.69 Å². The minimum Gasteiger partial charge on any atom is -0.264 e. The van der Waals surface area contributed by atoms with Crippen molar-refractivity contribution in [2.75, 3.05) is 0 Å². The fourth-order valence-electron chi connectivity index (χ4n) is 2.66. The van der Waals surface area contributed by atoms with Crippen molar-refractivity contribution in [2.24, 2.45) is 0 Å². The van der Waals surface area contributed by atoms with Crippen LogP contribution in [0.1, 0.15) is 0 Å². The van der Waals surface area contributed by atoms with Gasteiger partial charge in [-0.2, -0.15) is 29.4 Å². The summed E-state index contributed by atoms with van der Waals surface area (Å²) in [7, 11) is 0. The van der Waals surface area contributed by atoms with Crippen molar-refractivity contribution < 1.29 is 21.1 Å². The Bertz CT molecular complexity index is 844. The summed E-state index contributed by atoms with van der Waals surface area (Å²) in [5, 5.41) is 4.81. The molecular formula is C21H15N2Pt-. The van der Waals surface area contributed by atoms with Gasteiger partial charge in [0.2, 0.25) is 0 Å². The summed E-state index contributed by atoms with van der Waals surface area (Å²) in [6.45, 7) is 0. The molecule has 0 spiro atoms. The van der Waals surface area contributed by atoms with Gasteiger partial charge >= 0.3 is 0 Å². The summed E-state index contributed by atoms with van der Waals surface area (Å²) >= 11 is 0. The molecule has 4 aromatic rings. The number of rotatable bonds is 3. The second-order valence-electron chi connectivity index (χ2n) is 5.32. The Kier molecular flexibility index (Phi) is 5.07. The zero-order chi connectivity index (χ0) is 15.5. The van der Waals surface area contributed by atoms with Crippen LogP contribution in [0.15, 0.2) is 91.1 Å². The van der Waals surface area contributed by atoms with Crippen molar-refractivity contribution in [3.8, 4) is 28.1 Å². The molecule has 0 saturated carbocycles. The van der Waals surface area contributed by atoms with E-state index >= 15 is 0 Å². The molecular weight excluding hydrogens is 475 g/mol. The minimum atomic E-state index is 0. The number of aromatic nitrogens is 2. The normalized spacial score (nSPS) is 10.2. The standard InChI is InChI=1S/C21H15N2.Pt/c1-4-10-17(11-5-1)20-16-23(19-14-8-3-9-15-19)22-21(20)18-12-6-2-7-13-18;/h1-14,16H;/q-1;. The molecule has 2 nitrogen and oxygen atoms in total. The van der Waals surface area contributed by atoms with Crippen LogP contribution in [0, 0.1) is 6.07 Å². The first-order valence-corrected chi connectivity index (χ1v) is 7.59. The molecule has 1 aromatic heterocycles. The molecule has 0 unspecified atom stereocenters. The maximum absolute atomic E-state index is 4.81. The summed E-state index contributed by atoms with van der Waals surface area (Å²) in [6.07, 6.45) is 2.07. The molecule has 0 radical (unpaired) electrons. The average Bonchev–Trinajstić information content (AvgIpc) is 3.09. The smallest absolute Gasteiger partial charge is 0.100 e. The van der Waals surface area contributed by atoms with Gasteiger partial charge in [-0.25, -0.2) is 0 Å². The topological polar surface area (TPSA) is 17.8 Å². The van der Waals surface area contributed by atoms with Crippen LogP contribution < -0.4 is 0 Å². The molecule has 0 amide bonds. The quantitative estimate of drug-likeness (QED) is 0.370. The van der Waals surface area contributed by atoms with Crippen molar-refractivity contribution >= 4 is 0 Å². The fraction of sp³-hybridized carbons (Fsp3) is 0. The van der Waals surface area contributed by atoms with E-state index in [2.05, 4.69) is 48.7 Å².